The third-order valence-corrected chi connectivity index (χ3v) is 0.105. The van der Waals surface area contributed by atoms with E-state index in [2.05, 4.69) is 5.16 Å². The Hall–Kier alpha value is -0.530. The van der Waals surface area contributed by atoms with Gasteiger partial charge in [0.05, 0.1) is 0 Å². The fourth-order valence-corrected chi connectivity index (χ4v) is 0. The maximum Gasteiger partial charge on any atom is -0.00995 e. The van der Waals surface area contributed by atoms with Gasteiger partial charge in [-0.05, 0) is 13.1 Å². The molecule has 0 unspecified atom stereocenters. The number of hydrogen-bond acceptors (Lipinski definition) is 2. The summed E-state index contributed by atoms with van der Waals surface area (Å²) in [5.74, 6) is 0. The second-order valence-electron chi connectivity index (χ2n) is 0.364. The van der Waals surface area contributed by atoms with E-state index in [0.717, 1.165) is 0 Å². The predicted octanol–water partition coefficient (Wildman–Crippen LogP) is 0.575. The molecule has 0 aliphatic rings. The molecule has 0 amide bonds. The molecular weight excluding hydrogens is 54.0 g/mol. The summed E-state index contributed by atoms with van der Waals surface area (Å²) in [6.45, 7) is 1.58. The van der Waals surface area contributed by atoms with Gasteiger partial charge in [-0.3, -0.25) is 0 Å². The van der Waals surface area contributed by atoms with Gasteiger partial charge in [0.15, 0.2) is 0 Å². The number of nitrogens with zero attached hydrogens (tertiary/aromatic N) is 1. The molecule has 0 aromatic carbocycles. The van der Waals surface area contributed by atoms with Crippen molar-refractivity contribution in [1.29, 1.82) is 0 Å². The van der Waals surface area contributed by atoms with Crippen LogP contribution in [0, 0.1) is 5.21 Å². The number of rotatable bonds is 0. The van der Waals surface area contributed by atoms with Crippen LogP contribution in [0.25, 0.3) is 0 Å². The Labute approximate surface area is 24.7 Å². The minimum atomic E-state index is 1.19. The van der Waals surface area contributed by atoms with Gasteiger partial charge in [-0.1, -0.05) is 0 Å². The lowest BCUT2D eigenvalue weighted by atomic mass is 10.9. The first-order valence-electron chi connectivity index (χ1n) is 1.02. The van der Waals surface area contributed by atoms with E-state index in [-0.39, 0.29) is 0 Å². The maximum absolute atomic E-state index is 8.87. The van der Waals surface area contributed by atoms with E-state index in [4.69, 9.17) is 5.21 Å². The molecule has 0 aromatic heterocycles. The molecular formula is C2H4NO-. The fourth-order valence-electron chi connectivity index (χ4n) is 0. The molecule has 0 radical (unpaired) electrons. The molecule has 0 heterocycles. The fraction of sp³-hybridized carbons (Fsp3) is 0.500. The van der Waals surface area contributed by atoms with Gasteiger partial charge in [0.25, 0.3) is 0 Å². The summed E-state index contributed by atoms with van der Waals surface area (Å²) in [6.07, 6.45) is 1.19. The van der Waals surface area contributed by atoms with Gasteiger partial charge >= 0.3 is 0 Å². The zero-order valence-corrected chi connectivity index (χ0v) is 2.43. The van der Waals surface area contributed by atoms with Crippen LogP contribution in [-0.4, -0.2) is 6.21 Å². The van der Waals surface area contributed by atoms with Gasteiger partial charge in [0, 0.05) is 0 Å². The van der Waals surface area contributed by atoms with Crippen LogP contribution in [0.4, 0.5) is 0 Å². The standard InChI is InChI=1S/C2H5NO/c1-2-3-4/h2,4H,1H3/p-1/b3-2-. The van der Waals surface area contributed by atoms with Gasteiger partial charge in [-0.25, -0.2) is 0 Å². The van der Waals surface area contributed by atoms with Crippen molar-refractivity contribution in [1.82, 2.24) is 0 Å². The van der Waals surface area contributed by atoms with Crippen molar-refractivity contribution in [3.63, 3.8) is 0 Å². The summed E-state index contributed by atoms with van der Waals surface area (Å²) in [5, 5.41) is 11.2. The van der Waals surface area contributed by atoms with E-state index in [1.165, 1.54) is 6.21 Å². The average molecular weight is 58.1 g/mol. The topological polar surface area (TPSA) is 35.4 Å². The molecule has 0 bridgehead atoms. The Kier molecular flexibility index (Phi) is 2.14. The molecule has 0 spiro atoms. The Bertz CT molecular complexity index is 21.2. The second kappa shape index (κ2) is 2.47. The average Bonchev–Trinajstić information content (AvgIpc) is 1.37. The molecule has 0 aliphatic heterocycles. The molecule has 0 saturated heterocycles. The van der Waals surface area contributed by atoms with Crippen molar-refractivity contribution in [2.45, 2.75) is 6.92 Å². The van der Waals surface area contributed by atoms with Crippen molar-refractivity contribution in [2.75, 3.05) is 0 Å². The highest BCUT2D eigenvalue weighted by Crippen LogP contribution is 1.43. The van der Waals surface area contributed by atoms with Crippen LogP contribution in [0.3, 0.4) is 0 Å². The van der Waals surface area contributed by atoms with E-state index in [1.807, 2.05) is 0 Å². The molecule has 0 saturated carbocycles. The molecule has 2 heteroatoms. The summed E-state index contributed by atoms with van der Waals surface area (Å²) >= 11 is 0. The molecule has 0 aliphatic carbocycles. The minimum absolute atomic E-state index is 1.19. The van der Waals surface area contributed by atoms with Crippen molar-refractivity contribution in [3.8, 4) is 0 Å². The van der Waals surface area contributed by atoms with Crippen LogP contribution < -0.4 is 0 Å². The van der Waals surface area contributed by atoms with Crippen LogP contribution in [-0.2, 0) is 0 Å². The molecule has 0 aromatic rings. The van der Waals surface area contributed by atoms with Gasteiger partial charge < -0.3 is 10.4 Å². The molecule has 4 heavy (non-hydrogen) atoms. The molecule has 0 rings (SSSR count). The second-order valence-corrected chi connectivity index (χ2v) is 0.364. The van der Waals surface area contributed by atoms with E-state index >= 15 is 0 Å². The lowest BCUT2D eigenvalue weighted by Crippen LogP contribution is -1.44. The van der Waals surface area contributed by atoms with Gasteiger partial charge in [0.1, 0.15) is 0 Å². The highest BCUT2D eigenvalue weighted by atomic mass is 16.4. The SMILES string of the molecule is C/C=N\[O-]. The van der Waals surface area contributed by atoms with E-state index in [0.29, 0.717) is 0 Å². The normalized spacial score (nSPS) is 9.25. The monoisotopic (exact) mass is 58.0 g/mol. The van der Waals surface area contributed by atoms with E-state index in [9.17, 15) is 0 Å². The first-order chi connectivity index (χ1) is 1.91. The van der Waals surface area contributed by atoms with E-state index in [1.54, 1.807) is 6.92 Å². The molecule has 2 nitrogen and oxygen atoms in total. The van der Waals surface area contributed by atoms with Gasteiger partial charge in [-0.2, -0.15) is 0 Å². The van der Waals surface area contributed by atoms with Crippen molar-refractivity contribution < 1.29 is 0 Å². The summed E-state index contributed by atoms with van der Waals surface area (Å²) in [4.78, 5) is 0. The van der Waals surface area contributed by atoms with Crippen LogP contribution in [0.5, 0.6) is 0 Å². The third-order valence-electron chi connectivity index (χ3n) is 0.105. The lowest BCUT2D eigenvalue weighted by molar-refractivity contribution is 1.63. The van der Waals surface area contributed by atoms with Crippen LogP contribution in [0.2, 0.25) is 0 Å². The number of hydrogen-bond donors (Lipinski definition) is 0. The maximum atomic E-state index is 8.87. The Balaban J connectivity index is 2.55. The zero-order chi connectivity index (χ0) is 3.41. The first kappa shape index (κ1) is 3.47. The largest absolute Gasteiger partial charge is 0.792 e. The minimum Gasteiger partial charge on any atom is -0.792 e. The molecule has 0 fully saturated rings. The van der Waals surface area contributed by atoms with Crippen LogP contribution in [0.1, 0.15) is 6.92 Å². The highest BCUT2D eigenvalue weighted by molar-refractivity contribution is 5.53. The Morgan fingerprint density at radius 2 is 2.25 bits per heavy atom. The summed E-state index contributed by atoms with van der Waals surface area (Å²) < 4.78 is 0. The summed E-state index contributed by atoms with van der Waals surface area (Å²) in [5.41, 5.74) is 0. The van der Waals surface area contributed by atoms with Crippen LogP contribution in [0.15, 0.2) is 5.16 Å². The predicted molar refractivity (Wildman–Crippen MR) is 17.5 cm³/mol. The van der Waals surface area contributed by atoms with Crippen molar-refractivity contribution in [2.24, 2.45) is 5.16 Å². The summed E-state index contributed by atoms with van der Waals surface area (Å²) in [7, 11) is 0. The van der Waals surface area contributed by atoms with E-state index < -0.39 is 0 Å². The smallest absolute Gasteiger partial charge is 0.00995 e. The highest BCUT2D eigenvalue weighted by Gasteiger charge is 1.24. The van der Waals surface area contributed by atoms with Crippen molar-refractivity contribution in [3.05, 3.63) is 5.21 Å². The van der Waals surface area contributed by atoms with Crippen molar-refractivity contribution >= 4 is 6.21 Å². The van der Waals surface area contributed by atoms with Gasteiger partial charge in [-0.15, -0.1) is 0 Å². The molecule has 24 valence electrons. The van der Waals surface area contributed by atoms with Crippen LogP contribution >= 0.6 is 0 Å². The summed E-state index contributed by atoms with van der Waals surface area (Å²) in [6, 6.07) is 0. The first-order valence-corrected chi connectivity index (χ1v) is 1.02. The third kappa shape index (κ3) is 1.47. The quantitative estimate of drug-likeness (QED) is 0.296. The van der Waals surface area contributed by atoms with Gasteiger partial charge in [0.2, 0.25) is 0 Å². The molecule has 0 N–H and O–H groups in total. The zero-order valence-electron chi connectivity index (χ0n) is 2.43. The molecule has 0 atom stereocenters. The lowest BCUT2D eigenvalue weighted by Gasteiger charge is -1.77. The Morgan fingerprint density at radius 1 is 2.00 bits per heavy atom. The Morgan fingerprint density at radius 3 is 2.25 bits per heavy atom.